The quantitative estimate of drug-likeness (QED) is 0.407. The molecule has 0 nitrogen and oxygen atoms in total. The van der Waals surface area contributed by atoms with Crippen LogP contribution in [0.25, 0.3) is 0 Å². The van der Waals surface area contributed by atoms with Crippen LogP contribution in [-0.2, 0) is 0 Å². The van der Waals surface area contributed by atoms with Crippen molar-refractivity contribution in [2.75, 3.05) is 0 Å². The summed E-state index contributed by atoms with van der Waals surface area (Å²) in [4.78, 5) is 0. The Balaban J connectivity index is 2.54. The summed E-state index contributed by atoms with van der Waals surface area (Å²) < 4.78 is 0. The Morgan fingerprint density at radius 1 is 1.80 bits per heavy atom. The molecule has 3 radical (unpaired) electrons. The van der Waals surface area contributed by atoms with Gasteiger partial charge in [-0.15, -0.1) is 6.92 Å². The molecule has 0 N–H and O–H groups in total. The van der Waals surface area contributed by atoms with Crippen LogP contribution in [0.5, 0.6) is 0 Å². The second-order valence-electron chi connectivity index (χ2n) is 1.39. The fraction of sp³-hybridized carbons (Fsp3) is 1.00. The molecule has 0 aromatic carbocycles. The van der Waals surface area contributed by atoms with Crippen molar-refractivity contribution < 1.29 is 0 Å². The molecule has 0 aliphatic carbocycles. The van der Waals surface area contributed by atoms with E-state index < -0.39 is 0 Å². The fourth-order valence-electron chi connectivity index (χ4n) is 0. The van der Waals surface area contributed by atoms with Gasteiger partial charge in [-0.25, -0.2) is 0 Å². The predicted molar refractivity (Wildman–Crippen MR) is 25.5 cm³/mol. The molecular weight excluding hydrogens is 58.9 g/mol. The summed E-state index contributed by atoms with van der Waals surface area (Å²) in [6.07, 6.45) is 1.08. The SMILES string of the molecule is [B-]C(C)CC. The largest absolute Gasteiger partial charge is 0.622 e. The summed E-state index contributed by atoms with van der Waals surface area (Å²) in [5.41, 5.74) is 0. The molecule has 0 amide bonds. The van der Waals surface area contributed by atoms with Gasteiger partial charge >= 0.3 is 0 Å². The van der Waals surface area contributed by atoms with E-state index in [2.05, 4.69) is 6.92 Å². The molecule has 0 fully saturated rings. The van der Waals surface area contributed by atoms with Crippen LogP contribution in [0, 0.1) is 0 Å². The van der Waals surface area contributed by atoms with Crippen LogP contribution in [0.15, 0.2) is 0 Å². The average molecular weight is 67.9 g/mol. The molecule has 1 heteroatoms. The first-order valence-electron chi connectivity index (χ1n) is 2.03. The zero-order chi connectivity index (χ0) is 4.28. The van der Waals surface area contributed by atoms with E-state index in [0.717, 1.165) is 6.42 Å². The van der Waals surface area contributed by atoms with E-state index in [4.69, 9.17) is 7.85 Å². The Hall–Kier alpha value is 0.0649. The van der Waals surface area contributed by atoms with Gasteiger partial charge in [0.2, 0.25) is 0 Å². The van der Waals surface area contributed by atoms with E-state index in [-0.39, 0.29) is 0 Å². The molecule has 0 aliphatic heterocycles. The molecule has 0 heterocycles. The third-order valence-electron chi connectivity index (χ3n) is 0.644. The summed E-state index contributed by atoms with van der Waals surface area (Å²) in [6, 6.07) is 0. The highest BCUT2D eigenvalue weighted by atomic mass is 13.8. The maximum Gasteiger partial charge on any atom is -0.0684 e. The molecule has 0 bridgehead atoms. The van der Waals surface area contributed by atoms with Gasteiger partial charge in [0.05, 0.1) is 0 Å². The summed E-state index contributed by atoms with van der Waals surface area (Å²) >= 11 is 0. The second kappa shape index (κ2) is 2.31. The monoisotopic (exact) mass is 68.1 g/mol. The Morgan fingerprint density at radius 3 is 2.00 bits per heavy atom. The van der Waals surface area contributed by atoms with E-state index in [1.54, 1.807) is 0 Å². The molecule has 1 unspecified atom stereocenters. The Bertz CT molecular complexity index is 17.6. The van der Waals surface area contributed by atoms with Crippen LogP contribution >= 0.6 is 0 Å². The van der Waals surface area contributed by atoms with Crippen molar-refractivity contribution in [2.24, 2.45) is 0 Å². The van der Waals surface area contributed by atoms with Crippen LogP contribution in [0.2, 0.25) is 5.82 Å². The van der Waals surface area contributed by atoms with Crippen LogP contribution < -0.4 is 0 Å². The normalized spacial score (nSPS) is 15.0. The Kier molecular flexibility index (Phi) is 2.34. The maximum absolute atomic E-state index is 5.29. The predicted octanol–water partition coefficient (Wildman–Crippen LogP) is 1.37. The van der Waals surface area contributed by atoms with Gasteiger partial charge in [-0.1, -0.05) is 13.3 Å². The van der Waals surface area contributed by atoms with Crippen LogP contribution in [0.1, 0.15) is 20.3 Å². The molecule has 29 valence electrons. The standard InChI is InChI=1S/C4H9B/c1-3-4(2)5/h4H,3H2,1-2H3/q-1. The van der Waals surface area contributed by atoms with Gasteiger partial charge in [0, 0.05) is 0 Å². The van der Waals surface area contributed by atoms with Crippen LogP contribution in [0.4, 0.5) is 0 Å². The second-order valence-corrected chi connectivity index (χ2v) is 1.39. The lowest BCUT2D eigenvalue weighted by Gasteiger charge is -2.10. The van der Waals surface area contributed by atoms with Crippen molar-refractivity contribution in [3.05, 3.63) is 0 Å². The zero-order valence-corrected chi connectivity index (χ0v) is 3.86. The molecular formula is C4H9B-. The first kappa shape index (κ1) is 5.06. The van der Waals surface area contributed by atoms with E-state index in [1.807, 2.05) is 6.92 Å². The lowest BCUT2D eigenvalue weighted by Crippen LogP contribution is -1.76. The van der Waals surface area contributed by atoms with Gasteiger partial charge in [0.25, 0.3) is 0 Å². The molecule has 0 saturated carbocycles. The molecule has 0 spiro atoms. The van der Waals surface area contributed by atoms with Gasteiger partial charge in [0.15, 0.2) is 0 Å². The van der Waals surface area contributed by atoms with E-state index in [1.165, 1.54) is 0 Å². The Morgan fingerprint density at radius 2 is 2.00 bits per heavy atom. The van der Waals surface area contributed by atoms with E-state index in [0.29, 0.717) is 5.82 Å². The van der Waals surface area contributed by atoms with Crippen molar-refractivity contribution in [1.29, 1.82) is 0 Å². The van der Waals surface area contributed by atoms with Gasteiger partial charge in [0.1, 0.15) is 0 Å². The lowest BCUT2D eigenvalue weighted by atomic mass is 9.88. The first-order valence-corrected chi connectivity index (χ1v) is 2.03. The smallest absolute Gasteiger partial charge is 0.0684 e. The summed E-state index contributed by atoms with van der Waals surface area (Å²) in [5, 5.41) is 0. The number of hydrogen-bond donors (Lipinski definition) is 0. The molecule has 0 aromatic heterocycles. The maximum atomic E-state index is 5.29. The molecule has 1 atom stereocenters. The zero-order valence-electron chi connectivity index (χ0n) is 3.86. The lowest BCUT2D eigenvalue weighted by molar-refractivity contribution is 0.880. The highest BCUT2D eigenvalue weighted by molar-refractivity contribution is 6.11. The third kappa shape index (κ3) is 4.06. The number of hydrogen-bond acceptors (Lipinski definition) is 0. The van der Waals surface area contributed by atoms with Gasteiger partial charge in [-0.05, 0) is 0 Å². The molecule has 5 heavy (non-hydrogen) atoms. The minimum atomic E-state index is 0.384. The van der Waals surface area contributed by atoms with E-state index >= 15 is 0 Å². The van der Waals surface area contributed by atoms with Crippen molar-refractivity contribution in [2.45, 2.75) is 26.1 Å². The minimum absolute atomic E-state index is 0.384. The fourth-order valence-corrected chi connectivity index (χ4v) is 0. The molecule has 0 aromatic rings. The molecule has 0 saturated heterocycles. The van der Waals surface area contributed by atoms with Crippen molar-refractivity contribution in [3.8, 4) is 0 Å². The minimum Gasteiger partial charge on any atom is -0.622 e. The van der Waals surface area contributed by atoms with Crippen LogP contribution in [0.3, 0.4) is 0 Å². The van der Waals surface area contributed by atoms with E-state index in [9.17, 15) is 0 Å². The summed E-state index contributed by atoms with van der Waals surface area (Å²) in [5.74, 6) is 0.384. The highest BCUT2D eigenvalue weighted by Gasteiger charge is 1.63. The van der Waals surface area contributed by atoms with Crippen molar-refractivity contribution >= 4 is 7.85 Å². The van der Waals surface area contributed by atoms with Crippen molar-refractivity contribution in [1.82, 2.24) is 0 Å². The van der Waals surface area contributed by atoms with Gasteiger partial charge < -0.3 is 7.85 Å². The van der Waals surface area contributed by atoms with Gasteiger partial charge in [-0.3, -0.25) is 5.82 Å². The molecule has 0 aliphatic rings. The van der Waals surface area contributed by atoms with Gasteiger partial charge in [-0.2, -0.15) is 0 Å². The summed E-state index contributed by atoms with van der Waals surface area (Å²) in [6.45, 7) is 4.07. The molecule has 0 rings (SSSR count). The summed E-state index contributed by atoms with van der Waals surface area (Å²) in [7, 11) is 5.29. The number of rotatable bonds is 1. The topological polar surface area (TPSA) is 0 Å². The van der Waals surface area contributed by atoms with Crippen LogP contribution in [-0.4, -0.2) is 7.85 Å². The third-order valence-corrected chi connectivity index (χ3v) is 0.644. The average Bonchev–Trinajstić information content (AvgIpc) is 1.38. The van der Waals surface area contributed by atoms with Crippen molar-refractivity contribution in [3.63, 3.8) is 0 Å². The Labute approximate surface area is 35.0 Å². The first-order chi connectivity index (χ1) is 2.27. The highest BCUT2D eigenvalue weighted by Crippen LogP contribution is 1.97.